The minimum Gasteiger partial charge on any atom is -0.441 e. The quantitative estimate of drug-likeness (QED) is 0.383. The van der Waals surface area contributed by atoms with E-state index in [2.05, 4.69) is 42.0 Å². The summed E-state index contributed by atoms with van der Waals surface area (Å²) in [7, 11) is 0. The van der Waals surface area contributed by atoms with E-state index in [1.807, 2.05) is 49.4 Å². The Morgan fingerprint density at radius 2 is 1.82 bits per heavy atom. The Morgan fingerprint density at radius 1 is 1.05 bits per heavy atom. The lowest BCUT2D eigenvalue weighted by molar-refractivity contribution is -0.126. The largest absolute Gasteiger partial charge is 0.441 e. The molecule has 3 aromatic rings. The van der Waals surface area contributed by atoms with Crippen LogP contribution in [0.5, 0.6) is 0 Å². The SMILES string of the molecule is Cc1oc(-c2cccc(Br)c2)nc1CN1CCC(C(=O)NCCN2CCN(c3cccc(Cl)c3)CC2)CC1. The fourth-order valence-electron chi connectivity index (χ4n) is 5.27. The molecule has 1 aromatic heterocycles. The summed E-state index contributed by atoms with van der Waals surface area (Å²) in [6.45, 7) is 10.0. The number of aryl methyl sites for hydroxylation is 1. The van der Waals surface area contributed by atoms with E-state index in [0.717, 1.165) is 91.7 Å². The van der Waals surface area contributed by atoms with Crippen molar-refractivity contribution >= 4 is 39.1 Å². The summed E-state index contributed by atoms with van der Waals surface area (Å²) in [5.74, 6) is 1.78. The van der Waals surface area contributed by atoms with Gasteiger partial charge in [0, 0.05) is 72.5 Å². The molecule has 0 bridgehead atoms. The second-order valence-corrected chi connectivity index (χ2v) is 11.5. The number of aromatic nitrogens is 1. The summed E-state index contributed by atoms with van der Waals surface area (Å²) in [6.07, 6.45) is 1.75. The minimum atomic E-state index is 0.0848. The number of nitrogens with zero attached hydrogens (tertiary/aromatic N) is 4. The van der Waals surface area contributed by atoms with E-state index in [9.17, 15) is 4.79 Å². The first-order valence-corrected chi connectivity index (χ1v) is 14.6. The zero-order valence-corrected chi connectivity index (χ0v) is 24.2. The summed E-state index contributed by atoms with van der Waals surface area (Å²) >= 11 is 9.66. The number of oxazole rings is 1. The summed E-state index contributed by atoms with van der Waals surface area (Å²) in [5, 5.41) is 3.96. The number of amides is 1. The molecule has 0 spiro atoms. The van der Waals surface area contributed by atoms with Crippen LogP contribution >= 0.6 is 27.5 Å². The van der Waals surface area contributed by atoms with Crippen LogP contribution in [0.2, 0.25) is 5.02 Å². The molecule has 5 rings (SSSR count). The van der Waals surface area contributed by atoms with Crippen molar-refractivity contribution in [2.75, 3.05) is 57.3 Å². The molecule has 2 aliphatic rings. The van der Waals surface area contributed by atoms with Crippen LogP contribution in [0.15, 0.2) is 57.4 Å². The molecule has 0 unspecified atom stereocenters. The molecular weight excluding hydrogens is 566 g/mol. The van der Waals surface area contributed by atoms with Crippen molar-refractivity contribution < 1.29 is 9.21 Å². The molecule has 0 aliphatic carbocycles. The Morgan fingerprint density at radius 3 is 2.55 bits per heavy atom. The summed E-state index contributed by atoms with van der Waals surface area (Å²) in [5.41, 5.74) is 3.12. The average Bonchev–Trinajstić information content (AvgIpc) is 3.29. The van der Waals surface area contributed by atoms with Crippen LogP contribution in [0.25, 0.3) is 11.5 Å². The number of halogens is 2. The molecule has 3 heterocycles. The summed E-state index contributed by atoms with van der Waals surface area (Å²) in [6, 6.07) is 16.0. The molecule has 202 valence electrons. The Balaban J connectivity index is 1.01. The molecule has 38 heavy (non-hydrogen) atoms. The van der Waals surface area contributed by atoms with E-state index in [-0.39, 0.29) is 11.8 Å². The van der Waals surface area contributed by atoms with Crippen molar-refractivity contribution in [2.24, 2.45) is 5.92 Å². The maximum Gasteiger partial charge on any atom is 0.226 e. The van der Waals surface area contributed by atoms with E-state index < -0.39 is 0 Å². The maximum atomic E-state index is 12.8. The highest BCUT2D eigenvalue weighted by Crippen LogP contribution is 2.26. The predicted octanol–water partition coefficient (Wildman–Crippen LogP) is 5.22. The number of likely N-dealkylation sites (tertiary alicyclic amines) is 1. The summed E-state index contributed by atoms with van der Waals surface area (Å²) < 4.78 is 6.95. The molecule has 9 heteroatoms. The van der Waals surface area contributed by atoms with Crippen molar-refractivity contribution in [3.05, 3.63) is 69.5 Å². The number of anilines is 1. The van der Waals surface area contributed by atoms with Gasteiger partial charge in [0.05, 0.1) is 5.69 Å². The van der Waals surface area contributed by atoms with Gasteiger partial charge in [-0.25, -0.2) is 4.98 Å². The van der Waals surface area contributed by atoms with Gasteiger partial charge in [0.2, 0.25) is 11.8 Å². The Labute approximate surface area is 238 Å². The molecule has 2 aliphatic heterocycles. The standard InChI is InChI=1S/C29H35BrClN5O2/c1-21-27(33-29(38-21)23-4-2-5-24(30)18-23)20-35-11-8-22(9-12-35)28(37)32-10-13-34-14-16-36(17-15-34)26-7-3-6-25(31)19-26/h2-7,18-19,22H,8-17,20H2,1H3,(H,32,37). The third kappa shape index (κ3) is 6.97. The van der Waals surface area contributed by atoms with Gasteiger partial charge in [-0.05, 0) is 69.3 Å². The lowest BCUT2D eigenvalue weighted by Crippen LogP contribution is -2.49. The Bertz CT molecular complexity index is 1240. The van der Waals surface area contributed by atoms with E-state index in [1.54, 1.807) is 0 Å². The highest BCUT2D eigenvalue weighted by Gasteiger charge is 2.26. The molecule has 0 saturated carbocycles. The average molecular weight is 601 g/mol. The topological polar surface area (TPSA) is 64.9 Å². The first-order valence-electron chi connectivity index (χ1n) is 13.4. The van der Waals surface area contributed by atoms with Crippen molar-refractivity contribution in [2.45, 2.75) is 26.3 Å². The molecule has 7 nitrogen and oxygen atoms in total. The number of benzene rings is 2. The second kappa shape index (κ2) is 12.6. The third-order valence-corrected chi connectivity index (χ3v) is 8.30. The van der Waals surface area contributed by atoms with Crippen molar-refractivity contribution in [1.82, 2.24) is 20.1 Å². The fraction of sp³-hybridized carbons (Fsp3) is 0.448. The van der Waals surface area contributed by atoms with Crippen LogP contribution in [-0.2, 0) is 11.3 Å². The predicted molar refractivity (Wildman–Crippen MR) is 155 cm³/mol. The van der Waals surface area contributed by atoms with Crippen LogP contribution < -0.4 is 10.2 Å². The highest BCUT2D eigenvalue weighted by atomic mass is 79.9. The van der Waals surface area contributed by atoms with Gasteiger partial charge in [0.15, 0.2) is 0 Å². The minimum absolute atomic E-state index is 0.0848. The lowest BCUT2D eigenvalue weighted by Gasteiger charge is -2.36. The molecule has 1 N–H and O–H groups in total. The van der Waals surface area contributed by atoms with Crippen LogP contribution in [0.4, 0.5) is 5.69 Å². The molecule has 0 atom stereocenters. The smallest absolute Gasteiger partial charge is 0.226 e. The van der Waals surface area contributed by atoms with Gasteiger partial charge in [-0.1, -0.05) is 39.7 Å². The van der Waals surface area contributed by atoms with Crippen LogP contribution in [0, 0.1) is 12.8 Å². The monoisotopic (exact) mass is 599 g/mol. The van der Waals surface area contributed by atoms with Gasteiger partial charge in [0.1, 0.15) is 5.76 Å². The molecule has 2 aromatic carbocycles. The number of hydrogen-bond acceptors (Lipinski definition) is 6. The van der Waals surface area contributed by atoms with Crippen molar-refractivity contribution in [3.63, 3.8) is 0 Å². The van der Waals surface area contributed by atoms with Gasteiger partial charge in [0.25, 0.3) is 0 Å². The molecule has 1 amide bonds. The van der Waals surface area contributed by atoms with Crippen LogP contribution in [0.3, 0.4) is 0 Å². The number of piperazine rings is 1. The second-order valence-electron chi connectivity index (χ2n) is 10.2. The van der Waals surface area contributed by atoms with Crippen LogP contribution in [0.1, 0.15) is 24.3 Å². The van der Waals surface area contributed by atoms with Crippen molar-refractivity contribution in [1.29, 1.82) is 0 Å². The van der Waals surface area contributed by atoms with Gasteiger partial charge < -0.3 is 14.6 Å². The van der Waals surface area contributed by atoms with Crippen LogP contribution in [-0.4, -0.2) is 73.0 Å². The van der Waals surface area contributed by atoms with E-state index in [4.69, 9.17) is 21.0 Å². The number of hydrogen-bond donors (Lipinski definition) is 1. The molecule has 2 saturated heterocycles. The fourth-order valence-corrected chi connectivity index (χ4v) is 5.85. The number of piperidine rings is 1. The molecular formula is C29H35BrClN5O2. The highest BCUT2D eigenvalue weighted by molar-refractivity contribution is 9.10. The Kier molecular flexibility index (Phi) is 9.05. The van der Waals surface area contributed by atoms with Gasteiger partial charge in [-0.2, -0.15) is 0 Å². The lowest BCUT2D eigenvalue weighted by atomic mass is 9.96. The Hall–Kier alpha value is -2.39. The molecule has 2 fully saturated rings. The zero-order valence-electron chi connectivity index (χ0n) is 21.8. The van der Waals surface area contributed by atoms with E-state index >= 15 is 0 Å². The van der Waals surface area contributed by atoms with Gasteiger partial charge in [-0.15, -0.1) is 0 Å². The number of rotatable bonds is 8. The molecule has 0 radical (unpaired) electrons. The van der Waals surface area contributed by atoms with E-state index in [0.29, 0.717) is 12.4 Å². The first-order chi connectivity index (χ1) is 18.4. The number of nitrogens with one attached hydrogen (secondary N) is 1. The van der Waals surface area contributed by atoms with Gasteiger partial charge in [-0.3, -0.25) is 14.6 Å². The van der Waals surface area contributed by atoms with Crippen molar-refractivity contribution in [3.8, 4) is 11.5 Å². The maximum absolute atomic E-state index is 12.8. The van der Waals surface area contributed by atoms with Gasteiger partial charge >= 0.3 is 0 Å². The summed E-state index contributed by atoms with van der Waals surface area (Å²) in [4.78, 5) is 24.7. The number of carbonyl (C=O) groups excluding carboxylic acids is 1. The normalized spacial score (nSPS) is 17.6. The number of carbonyl (C=O) groups is 1. The van der Waals surface area contributed by atoms with E-state index in [1.165, 1.54) is 5.69 Å². The third-order valence-electron chi connectivity index (χ3n) is 7.57. The first kappa shape index (κ1) is 27.2. The zero-order chi connectivity index (χ0) is 26.5.